The Balaban J connectivity index is 1.59. The van der Waals surface area contributed by atoms with E-state index in [0.29, 0.717) is 31.1 Å². The van der Waals surface area contributed by atoms with Gasteiger partial charge in [0.1, 0.15) is 5.75 Å². The fourth-order valence-corrected chi connectivity index (χ4v) is 5.38. The maximum atomic E-state index is 12.8. The molecule has 138 valence electrons. The molecule has 0 bridgehead atoms. The number of thiophene rings is 1. The van der Waals surface area contributed by atoms with Crippen LogP contribution < -0.4 is 9.64 Å². The van der Waals surface area contributed by atoms with Crippen molar-refractivity contribution in [2.24, 2.45) is 0 Å². The van der Waals surface area contributed by atoms with Crippen LogP contribution >= 0.6 is 23.1 Å². The Bertz CT molecular complexity index is 900. The molecule has 1 fully saturated rings. The van der Waals surface area contributed by atoms with Crippen molar-refractivity contribution in [3.8, 4) is 11.8 Å². The number of amides is 1. The van der Waals surface area contributed by atoms with Crippen LogP contribution in [0, 0.1) is 11.3 Å². The summed E-state index contributed by atoms with van der Waals surface area (Å²) in [4.78, 5) is 17.8. The first kappa shape index (κ1) is 18.0. The number of thioether (sulfide) groups is 1. The molecule has 0 N–H and O–H groups in total. The lowest BCUT2D eigenvalue weighted by Gasteiger charge is -2.41. The van der Waals surface area contributed by atoms with E-state index in [1.807, 2.05) is 48.7 Å². The molecule has 7 heteroatoms. The molecular formula is C20H19N3O2S2. The lowest BCUT2D eigenvalue weighted by Crippen LogP contribution is -2.47. The molecule has 1 atom stereocenters. The van der Waals surface area contributed by atoms with E-state index in [2.05, 4.69) is 11.0 Å². The third kappa shape index (κ3) is 3.43. The van der Waals surface area contributed by atoms with Gasteiger partial charge in [0, 0.05) is 22.9 Å². The van der Waals surface area contributed by atoms with Crippen molar-refractivity contribution in [3.63, 3.8) is 0 Å². The van der Waals surface area contributed by atoms with Crippen molar-refractivity contribution >= 4 is 34.7 Å². The molecule has 3 heterocycles. The third-order valence-electron chi connectivity index (χ3n) is 4.69. The predicted molar refractivity (Wildman–Crippen MR) is 109 cm³/mol. The van der Waals surface area contributed by atoms with Crippen molar-refractivity contribution in [1.29, 1.82) is 5.26 Å². The molecule has 0 aliphatic carbocycles. The van der Waals surface area contributed by atoms with E-state index in [0.717, 1.165) is 21.3 Å². The summed E-state index contributed by atoms with van der Waals surface area (Å²) >= 11 is 3.17. The first-order valence-corrected chi connectivity index (χ1v) is 10.7. The van der Waals surface area contributed by atoms with Gasteiger partial charge in [0.25, 0.3) is 0 Å². The number of fused-ring (bicyclic) bond motifs is 1. The predicted octanol–water partition coefficient (Wildman–Crippen LogP) is 4.37. The van der Waals surface area contributed by atoms with E-state index in [-0.39, 0.29) is 11.8 Å². The molecule has 2 aromatic rings. The van der Waals surface area contributed by atoms with Crippen LogP contribution in [0.1, 0.15) is 24.1 Å². The second-order valence-electron chi connectivity index (χ2n) is 6.31. The maximum absolute atomic E-state index is 12.8. The van der Waals surface area contributed by atoms with Gasteiger partial charge in [0.15, 0.2) is 0 Å². The van der Waals surface area contributed by atoms with Crippen molar-refractivity contribution in [2.45, 2.75) is 19.3 Å². The number of anilines is 1. The van der Waals surface area contributed by atoms with Crippen LogP contribution in [-0.4, -0.2) is 30.0 Å². The Morgan fingerprint density at radius 3 is 2.78 bits per heavy atom. The average Bonchev–Trinajstić information content (AvgIpc) is 3.23. The Morgan fingerprint density at radius 1 is 1.30 bits per heavy atom. The number of ether oxygens (including phenoxy) is 1. The number of nitrogens with zero attached hydrogens (tertiary/aromatic N) is 3. The monoisotopic (exact) mass is 397 g/mol. The molecular weight excluding hydrogens is 378 g/mol. The van der Waals surface area contributed by atoms with Gasteiger partial charge in [-0.1, -0.05) is 17.8 Å². The fraction of sp³-hybridized carbons (Fsp3) is 0.300. The molecule has 0 radical (unpaired) electrons. The van der Waals surface area contributed by atoms with Crippen LogP contribution in [0.4, 0.5) is 5.69 Å². The first-order chi connectivity index (χ1) is 13.2. The lowest BCUT2D eigenvalue weighted by molar-refractivity contribution is -0.129. The third-order valence-corrected chi connectivity index (χ3v) is 6.83. The number of carbonyl (C=O) groups excluding carboxylic acids is 1. The fourth-order valence-electron chi connectivity index (χ4n) is 3.38. The van der Waals surface area contributed by atoms with E-state index in [4.69, 9.17) is 4.74 Å². The van der Waals surface area contributed by atoms with Gasteiger partial charge in [-0.25, -0.2) is 0 Å². The van der Waals surface area contributed by atoms with Gasteiger partial charge in [0.05, 0.1) is 35.8 Å². The molecule has 4 rings (SSSR count). The van der Waals surface area contributed by atoms with Crippen LogP contribution in [0.5, 0.6) is 5.75 Å². The smallest absolute Gasteiger partial charge is 0.229 e. The van der Waals surface area contributed by atoms with Crippen molar-refractivity contribution in [1.82, 2.24) is 4.90 Å². The summed E-state index contributed by atoms with van der Waals surface area (Å²) in [6.45, 7) is 3.07. The van der Waals surface area contributed by atoms with E-state index in [9.17, 15) is 10.1 Å². The van der Waals surface area contributed by atoms with Gasteiger partial charge in [-0.05, 0) is 42.6 Å². The van der Waals surface area contributed by atoms with Gasteiger partial charge >= 0.3 is 0 Å². The minimum atomic E-state index is -0.113. The van der Waals surface area contributed by atoms with Crippen molar-refractivity contribution in [2.75, 3.05) is 24.1 Å². The Hall–Kier alpha value is -2.43. The number of nitriles is 1. The summed E-state index contributed by atoms with van der Waals surface area (Å²) in [6, 6.07) is 14.3. The zero-order chi connectivity index (χ0) is 18.8. The summed E-state index contributed by atoms with van der Waals surface area (Å²) in [5.41, 5.74) is 1.75. The van der Waals surface area contributed by atoms with Crippen LogP contribution in [0.2, 0.25) is 0 Å². The van der Waals surface area contributed by atoms with Gasteiger partial charge < -0.3 is 9.64 Å². The number of rotatable bonds is 4. The molecule has 5 nitrogen and oxygen atoms in total. The van der Waals surface area contributed by atoms with Crippen molar-refractivity contribution in [3.05, 3.63) is 57.3 Å². The maximum Gasteiger partial charge on any atom is 0.229 e. The summed E-state index contributed by atoms with van der Waals surface area (Å²) in [5.74, 6) is 1.50. The lowest BCUT2D eigenvalue weighted by atomic mass is 9.92. The van der Waals surface area contributed by atoms with E-state index >= 15 is 0 Å². The second-order valence-corrected chi connectivity index (χ2v) is 8.22. The highest BCUT2D eigenvalue weighted by atomic mass is 32.2. The molecule has 1 amide bonds. The quantitative estimate of drug-likeness (QED) is 0.767. The topological polar surface area (TPSA) is 56.6 Å². The van der Waals surface area contributed by atoms with E-state index in [1.165, 1.54) is 0 Å². The summed E-state index contributed by atoms with van der Waals surface area (Å²) in [7, 11) is 0. The molecule has 1 saturated heterocycles. The molecule has 1 aromatic carbocycles. The number of hydrogen-bond donors (Lipinski definition) is 0. The van der Waals surface area contributed by atoms with Gasteiger partial charge in [-0.3, -0.25) is 9.69 Å². The largest absolute Gasteiger partial charge is 0.494 e. The van der Waals surface area contributed by atoms with Crippen LogP contribution in [0.25, 0.3) is 0 Å². The molecule has 2 aliphatic heterocycles. The zero-order valence-corrected chi connectivity index (χ0v) is 16.6. The van der Waals surface area contributed by atoms with Gasteiger partial charge in [0.2, 0.25) is 5.91 Å². The highest BCUT2D eigenvalue weighted by Gasteiger charge is 2.38. The molecule has 1 aromatic heterocycles. The SMILES string of the molecule is CCOc1ccc(N2CSC3=C(C#N)[C@H](c4cccs4)CC(=O)N3C2)cc1. The average molecular weight is 398 g/mol. The molecule has 2 aliphatic rings. The number of hydrogen-bond acceptors (Lipinski definition) is 6. The van der Waals surface area contributed by atoms with Gasteiger partial charge in [-0.2, -0.15) is 5.26 Å². The minimum Gasteiger partial charge on any atom is -0.494 e. The molecule has 0 saturated carbocycles. The zero-order valence-electron chi connectivity index (χ0n) is 14.9. The van der Waals surface area contributed by atoms with E-state index in [1.54, 1.807) is 28.0 Å². The number of allylic oxidation sites excluding steroid dienone is 1. The van der Waals surface area contributed by atoms with Crippen LogP contribution in [-0.2, 0) is 4.79 Å². The number of benzene rings is 1. The Morgan fingerprint density at radius 2 is 2.11 bits per heavy atom. The van der Waals surface area contributed by atoms with E-state index < -0.39 is 0 Å². The second kappa shape index (κ2) is 7.67. The molecule has 0 spiro atoms. The number of carbonyl (C=O) groups is 1. The van der Waals surface area contributed by atoms with Crippen molar-refractivity contribution < 1.29 is 9.53 Å². The standard InChI is InChI=1S/C20H19N3O2S2/c1-2-25-15-7-5-14(6-8-15)22-12-23-19(24)10-16(18-4-3-9-26-18)17(11-21)20(23)27-13-22/h3-9,16H,2,10,12-13H2,1H3/t16-/m1/s1. The minimum absolute atomic E-state index is 0.0746. The van der Waals surface area contributed by atoms with Crippen LogP contribution in [0.15, 0.2) is 52.4 Å². The Kier molecular flexibility index (Phi) is 5.10. The Labute approximate surface area is 166 Å². The highest BCUT2D eigenvalue weighted by Crippen LogP contribution is 2.44. The normalized spacial score (nSPS) is 19.7. The molecule has 0 unspecified atom stereocenters. The summed E-state index contributed by atoms with van der Waals surface area (Å²) < 4.78 is 5.50. The van der Waals surface area contributed by atoms with Crippen LogP contribution in [0.3, 0.4) is 0 Å². The molecule has 27 heavy (non-hydrogen) atoms. The summed E-state index contributed by atoms with van der Waals surface area (Å²) in [6.07, 6.45) is 0.352. The highest BCUT2D eigenvalue weighted by molar-refractivity contribution is 8.03. The first-order valence-electron chi connectivity index (χ1n) is 8.80. The van der Waals surface area contributed by atoms with Gasteiger partial charge in [-0.15, -0.1) is 11.3 Å². The summed E-state index contributed by atoms with van der Waals surface area (Å²) in [5, 5.41) is 12.6.